The third kappa shape index (κ3) is 6.47. The van der Waals surface area contributed by atoms with Crippen LogP contribution in [0.5, 0.6) is 0 Å². The fraction of sp³-hybridized carbons (Fsp3) is 0.455. The summed E-state index contributed by atoms with van der Waals surface area (Å²) in [7, 11) is 1.52. The normalized spacial score (nSPS) is 11.2. The Morgan fingerprint density at radius 2 is 1.75 bits per heavy atom. The third-order valence-electron chi connectivity index (χ3n) is 4.74. The minimum Gasteiger partial charge on any atom is -0.383 e. The van der Waals surface area contributed by atoms with Crippen LogP contribution in [0.4, 0.5) is 11.5 Å². The van der Waals surface area contributed by atoms with Crippen LogP contribution in [0.25, 0.3) is 0 Å². The minimum absolute atomic E-state index is 0.0228. The van der Waals surface area contributed by atoms with E-state index in [0.29, 0.717) is 6.54 Å². The molecule has 0 spiro atoms. The molecule has 174 valence electrons. The lowest BCUT2D eigenvalue weighted by Gasteiger charge is -2.27. The zero-order valence-electron chi connectivity index (χ0n) is 19.3. The molecule has 0 unspecified atom stereocenters. The lowest BCUT2D eigenvalue weighted by molar-refractivity contribution is -0.134. The number of amides is 2. The molecular formula is C22H32N6O4. The van der Waals surface area contributed by atoms with Gasteiger partial charge in [-0.2, -0.15) is 0 Å². The molecule has 0 aliphatic rings. The Kier molecular flexibility index (Phi) is 7.85. The summed E-state index contributed by atoms with van der Waals surface area (Å²) < 4.78 is 1.26. The van der Waals surface area contributed by atoms with Gasteiger partial charge in [0.05, 0.1) is 19.6 Å². The number of benzene rings is 1. The number of nitrogen functional groups attached to an aromatic ring is 1. The van der Waals surface area contributed by atoms with E-state index in [1.165, 1.54) is 21.4 Å². The van der Waals surface area contributed by atoms with Crippen molar-refractivity contribution < 1.29 is 9.59 Å². The quantitative estimate of drug-likeness (QED) is 0.539. The molecule has 0 aliphatic heterocycles. The molecule has 0 saturated heterocycles. The number of nitrogens with zero attached hydrogens (tertiary/aromatic N) is 3. The maximum Gasteiger partial charge on any atom is 0.330 e. The Balaban J connectivity index is 2.25. The van der Waals surface area contributed by atoms with Gasteiger partial charge in [0.1, 0.15) is 11.5 Å². The molecule has 32 heavy (non-hydrogen) atoms. The highest BCUT2D eigenvalue weighted by Crippen LogP contribution is 2.17. The number of aromatic nitrogens is 2. The van der Waals surface area contributed by atoms with Gasteiger partial charge in [0.15, 0.2) is 0 Å². The molecule has 0 bridgehead atoms. The predicted octanol–water partition coefficient (Wildman–Crippen LogP) is 0.367. The lowest BCUT2D eigenvalue weighted by atomic mass is 10.1. The maximum atomic E-state index is 12.7. The molecule has 1 aromatic carbocycles. The second kappa shape index (κ2) is 10.2. The van der Waals surface area contributed by atoms with Gasteiger partial charge in [-0.15, -0.1) is 0 Å². The number of aromatic amines is 1. The van der Waals surface area contributed by atoms with E-state index in [-0.39, 0.29) is 43.0 Å². The molecule has 1 aromatic heterocycles. The van der Waals surface area contributed by atoms with Crippen LogP contribution in [0.2, 0.25) is 0 Å². The standard InChI is InChI=1S/C22H32N6O4/c1-6-27(14-17(30)26(5)13-16(29)25-22(2,3)4)18-19(23)28(21(32)24-20(18)31)12-15-10-8-7-9-11-15/h7-11H,6,12-14,23H2,1-5H3,(H,25,29)(H,24,31,32). The SMILES string of the molecule is CCN(CC(=O)N(C)CC(=O)NC(C)(C)C)c1c(N)n(Cc2ccccc2)c(=O)[nH]c1=O. The fourth-order valence-electron chi connectivity index (χ4n) is 3.20. The molecule has 2 rings (SSSR count). The first-order chi connectivity index (χ1) is 14.9. The van der Waals surface area contributed by atoms with Gasteiger partial charge in [-0.3, -0.25) is 23.9 Å². The average molecular weight is 445 g/mol. The van der Waals surface area contributed by atoms with Crippen molar-refractivity contribution in [2.75, 3.05) is 37.3 Å². The van der Waals surface area contributed by atoms with E-state index in [1.54, 1.807) is 6.92 Å². The monoisotopic (exact) mass is 444 g/mol. The van der Waals surface area contributed by atoms with E-state index < -0.39 is 16.8 Å². The van der Waals surface area contributed by atoms with Gasteiger partial charge in [-0.1, -0.05) is 30.3 Å². The molecule has 10 heteroatoms. The van der Waals surface area contributed by atoms with E-state index >= 15 is 0 Å². The number of carbonyl (C=O) groups excluding carboxylic acids is 2. The largest absolute Gasteiger partial charge is 0.383 e. The Morgan fingerprint density at radius 1 is 1.12 bits per heavy atom. The fourth-order valence-corrected chi connectivity index (χ4v) is 3.20. The van der Waals surface area contributed by atoms with E-state index in [0.717, 1.165) is 5.56 Å². The summed E-state index contributed by atoms with van der Waals surface area (Å²) in [6.07, 6.45) is 0. The zero-order valence-corrected chi connectivity index (χ0v) is 19.3. The van der Waals surface area contributed by atoms with Crippen molar-refractivity contribution in [2.45, 2.75) is 39.8 Å². The summed E-state index contributed by atoms with van der Waals surface area (Å²) in [5.74, 6) is -0.675. The van der Waals surface area contributed by atoms with Crippen LogP contribution in [0, 0.1) is 0 Å². The van der Waals surface area contributed by atoms with Gasteiger partial charge in [-0.25, -0.2) is 4.79 Å². The second-order valence-electron chi connectivity index (χ2n) is 8.63. The van der Waals surface area contributed by atoms with Crippen molar-refractivity contribution in [1.29, 1.82) is 0 Å². The summed E-state index contributed by atoms with van der Waals surface area (Å²) in [6.45, 7) is 7.50. The average Bonchev–Trinajstić information content (AvgIpc) is 2.69. The molecule has 0 atom stereocenters. The molecule has 0 fully saturated rings. The van der Waals surface area contributed by atoms with Gasteiger partial charge in [0, 0.05) is 19.1 Å². The van der Waals surface area contributed by atoms with Crippen molar-refractivity contribution in [3.05, 3.63) is 56.7 Å². The number of H-pyrrole nitrogens is 1. The van der Waals surface area contributed by atoms with Crippen molar-refractivity contribution in [2.24, 2.45) is 0 Å². The number of likely N-dealkylation sites (N-methyl/N-ethyl adjacent to an activating group) is 2. The third-order valence-corrected chi connectivity index (χ3v) is 4.74. The summed E-state index contributed by atoms with van der Waals surface area (Å²) >= 11 is 0. The first kappa shape index (κ1) is 24.7. The van der Waals surface area contributed by atoms with E-state index in [2.05, 4.69) is 10.3 Å². The molecule has 1 heterocycles. The zero-order chi connectivity index (χ0) is 24.1. The number of hydrogen-bond acceptors (Lipinski definition) is 6. The topological polar surface area (TPSA) is 134 Å². The Hall–Kier alpha value is -3.56. The summed E-state index contributed by atoms with van der Waals surface area (Å²) in [6, 6.07) is 9.22. The molecule has 10 nitrogen and oxygen atoms in total. The molecule has 2 amide bonds. The molecule has 4 N–H and O–H groups in total. The van der Waals surface area contributed by atoms with Crippen LogP contribution in [-0.2, 0) is 16.1 Å². The van der Waals surface area contributed by atoms with Gasteiger partial charge in [0.25, 0.3) is 5.56 Å². The van der Waals surface area contributed by atoms with Crippen LogP contribution < -0.4 is 27.2 Å². The Bertz CT molecular complexity index is 1070. The van der Waals surface area contributed by atoms with Crippen molar-refractivity contribution in [3.8, 4) is 0 Å². The van der Waals surface area contributed by atoms with E-state index in [4.69, 9.17) is 5.73 Å². The molecule has 0 aliphatic carbocycles. The van der Waals surface area contributed by atoms with E-state index in [1.807, 2.05) is 51.1 Å². The smallest absolute Gasteiger partial charge is 0.330 e. The Morgan fingerprint density at radius 3 is 2.31 bits per heavy atom. The summed E-state index contributed by atoms with van der Waals surface area (Å²) in [5, 5.41) is 2.80. The molecule has 2 aromatic rings. The molecular weight excluding hydrogens is 412 g/mol. The first-order valence-corrected chi connectivity index (χ1v) is 10.4. The van der Waals surface area contributed by atoms with Crippen LogP contribution in [0.1, 0.15) is 33.3 Å². The van der Waals surface area contributed by atoms with Crippen LogP contribution in [-0.4, -0.2) is 58.5 Å². The van der Waals surface area contributed by atoms with Crippen LogP contribution >= 0.6 is 0 Å². The van der Waals surface area contributed by atoms with Crippen molar-refractivity contribution in [1.82, 2.24) is 19.8 Å². The number of rotatable bonds is 8. The molecule has 0 radical (unpaired) electrons. The van der Waals surface area contributed by atoms with Gasteiger partial charge in [0.2, 0.25) is 11.8 Å². The highest BCUT2D eigenvalue weighted by atomic mass is 16.2. The molecule has 0 saturated carbocycles. The van der Waals surface area contributed by atoms with Gasteiger partial charge < -0.3 is 20.9 Å². The van der Waals surface area contributed by atoms with Crippen molar-refractivity contribution in [3.63, 3.8) is 0 Å². The Labute approximate surface area is 187 Å². The lowest BCUT2D eigenvalue weighted by Crippen LogP contribution is -2.48. The summed E-state index contributed by atoms with van der Waals surface area (Å²) in [4.78, 5) is 54.9. The predicted molar refractivity (Wildman–Crippen MR) is 125 cm³/mol. The van der Waals surface area contributed by atoms with Crippen molar-refractivity contribution >= 4 is 23.3 Å². The number of carbonyl (C=O) groups is 2. The first-order valence-electron chi connectivity index (χ1n) is 10.4. The second-order valence-corrected chi connectivity index (χ2v) is 8.63. The number of nitrogens with two attached hydrogens (primary N) is 1. The van der Waals surface area contributed by atoms with E-state index in [9.17, 15) is 19.2 Å². The maximum absolute atomic E-state index is 12.7. The number of hydrogen-bond donors (Lipinski definition) is 3. The van der Waals surface area contributed by atoms with Crippen LogP contribution in [0.15, 0.2) is 39.9 Å². The van der Waals surface area contributed by atoms with Gasteiger partial charge in [-0.05, 0) is 33.3 Å². The van der Waals surface area contributed by atoms with Gasteiger partial charge >= 0.3 is 5.69 Å². The minimum atomic E-state index is -0.667. The highest BCUT2D eigenvalue weighted by molar-refractivity contribution is 5.87. The summed E-state index contributed by atoms with van der Waals surface area (Å²) in [5.41, 5.74) is 5.40. The number of anilines is 2. The van der Waals surface area contributed by atoms with Crippen LogP contribution in [0.3, 0.4) is 0 Å². The number of nitrogens with one attached hydrogen (secondary N) is 2. The highest BCUT2D eigenvalue weighted by Gasteiger charge is 2.23.